The molecular weight excluding hydrogens is 365 g/mol. The van der Waals surface area contributed by atoms with E-state index >= 15 is 0 Å². The molecule has 2 aromatic carbocycles. The molecule has 0 fully saturated rings. The summed E-state index contributed by atoms with van der Waals surface area (Å²) in [5.74, 6) is 0. The van der Waals surface area contributed by atoms with Crippen LogP contribution in [-0.4, -0.2) is 11.4 Å². The Morgan fingerprint density at radius 3 is 1.52 bits per heavy atom. The minimum absolute atomic E-state index is 0. The Kier molecular flexibility index (Phi) is 8.41. The minimum Gasteiger partial charge on any atom is -0.455 e. The first-order valence-electron chi connectivity index (χ1n) is 9.66. The van der Waals surface area contributed by atoms with E-state index < -0.39 is 0 Å². The number of nitrogens with zero attached hydrogens (tertiary/aromatic N) is 1. The second-order valence-corrected chi connectivity index (χ2v) is 8.01. The van der Waals surface area contributed by atoms with Gasteiger partial charge in [0.25, 0.3) is 0 Å². The summed E-state index contributed by atoms with van der Waals surface area (Å²) in [6.07, 6.45) is 1.16. The number of fused-ring (bicyclic) bond motifs is 1. The van der Waals surface area contributed by atoms with Crippen molar-refractivity contribution in [2.75, 3.05) is 6.54 Å². The van der Waals surface area contributed by atoms with E-state index in [9.17, 15) is 0 Å². The van der Waals surface area contributed by atoms with E-state index in [1.54, 1.807) is 5.56 Å². The maximum atomic E-state index is 4.05. The van der Waals surface area contributed by atoms with Crippen LogP contribution in [0.4, 0.5) is 0 Å². The predicted molar refractivity (Wildman–Crippen MR) is 114 cm³/mol. The number of aryl methyl sites for hydroxylation is 2. The summed E-state index contributed by atoms with van der Waals surface area (Å²) < 4.78 is 0. The molecule has 2 heteroatoms. The Bertz CT molecular complexity index is 807. The number of hydrogen-bond donors (Lipinski definition) is 0. The van der Waals surface area contributed by atoms with Crippen molar-refractivity contribution in [1.29, 1.82) is 0 Å². The maximum absolute atomic E-state index is 4.05. The second kappa shape index (κ2) is 9.46. The molecule has 2 aromatic rings. The average Bonchev–Trinajstić information content (AvgIpc) is 2.61. The summed E-state index contributed by atoms with van der Waals surface area (Å²) >= 11 is 0. The first-order valence-corrected chi connectivity index (χ1v) is 9.66. The van der Waals surface area contributed by atoms with Gasteiger partial charge >= 0.3 is 18.6 Å². The molecule has 1 aliphatic rings. The zero-order valence-electron chi connectivity index (χ0n) is 18.7. The van der Waals surface area contributed by atoms with Crippen molar-refractivity contribution >= 4 is 0 Å². The Morgan fingerprint density at radius 1 is 0.630 bits per heavy atom. The standard InChI is InChI=1S/C14H20N.C11H15.V/c1-9-10(2)12(4)14-8-15(5)7-6-13(14)11(9)3;1-7-6-8(2)10(4)11(5)9(7)3;/h5-8H2,1-4H3;1-5H3;/q2*-1;+2. The molecule has 0 spiro atoms. The molecule has 0 N–H and O–H groups in total. The van der Waals surface area contributed by atoms with Crippen molar-refractivity contribution < 1.29 is 18.6 Å². The van der Waals surface area contributed by atoms with Gasteiger partial charge in [-0.2, -0.15) is 33.9 Å². The summed E-state index contributed by atoms with van der Waals surface area (Å²) in [7, 11) is 4.05. The van der Waals surface area contributed by atoms with Crippen molar-refractivity contribution in [3.63, 3.8) is 0 Å². The quantitative estimate of drug-likeness (QED) is 0.483. The topological polar surface area (TPSA) is 3.24 Å². The summed E-state index contributed by atoms with van der Waals surface area (Å²) in [4.78, 5) is 2.17. The van der Waals surface area contributed by atoms with Gasteiger partial charge in [0.1, 0.15) is 0 Å². The van der Waals surface area contributed by atoms with Crippen LogP contribution in [0.5, 0.6) is 0 Å². The van der Waals surface area contributed by atoms with Gasteiger partial charge in [0.15, 0.2) is 0 Å². The molecule has 1 radical (unpaired) electrons. The van der Waals surface area contributed by atoms with Crippen LogP contribution in [0.15, 0.2) is 0 Å². The van der Waals surface area contributed by atoms with E-state index in [-0.39, 0.29) is 18.6 Å². The summed E-state index contributed by atoms with van der Waals surface area (Å²) in [5.41, 5.74) is 15.8. The van der Waals surface area contributed by atoms with E-state index in [1.165, 1.54) is 55.6 Å². The molecule has 145 valence electrons. The van der Waals surface area contributed by atoms with Gasteiger partial charge in [0.2, 0.25) is 0 Å². The summed E-state index contributed by atoms with van der Waals surface area (Å²) in [6, 6.07) is 3.35. The molecule has 0 unspecified atom stereocenters. The minimum atomic E-state index is 0. The fourth-order valence-electron chi connectivity index (χ4n) is 3.91. The molecule has 3 rings (SSSR count). The Balaban J connectivity index is 0.000000273. The number of hydrogen-bond acceptors (Lipinski definition) is 1. The third kappa shape index (κ3) is 4.88. The second-order valence-electron chi connectivity index (χ2n) is 8.01. The normalized spacial score (nSPS) is 13.4. The smallest absolute Gasteiger partial charge is 0.455 e. The third-order valence-corrected chi connectivity index (χ3v) is 6.64. The van der Waals surface area contributed by atoms with Gasteiger partial charge in [0.05, 0.1) is 0 Å². The third-order valence-electron chi connectivity index (χ3n) is 6.64. The maximum Gasteiger partial charge on any atom is 2.00 e. The molecular formula is C25H35NV. The van der Waals surface area contributed by atoms with Gasteiger partial charge in [-0.05, 0) is 80.6 Å². The van der Waals surface area contributed by atoms with Gasteiger partial charge in [-0.15, -0.1) is 0 Å². The van der Waals surface area contributed by atoms with Crippen LogP contribution >= 0.6 is 0 Å². The SMILES string of the molecule is Cc1[c-]c(C)c(C)c(C)c1C.[CH2-]N1CCc2c(C)c(C)c(C)c(C)c2C1.[V+2]. The van der Waals surface area contributed by atoms with Crippen LogP contribution in [0, 0.1) is 75.4 Å². The van der Waals surface area contributed by atoms with Crippen LogP contribution in [0.3, 0.4) is 0 Å². The van der Waals surface area contributed by atoms with Gasteiger partial charge < -0.3 is 4.90 Å². The van der Waals surface area contributed by atoms with Gasteiger partial charge in [-0.1, -0.05) is 34.6 Å². The molecule has 1 aliphatic heterocycles. The zero-order chi connectivity index (χ0) is 19.8. The van der Waals surface area contributed by atoms with Crippen LogP contribution in [-0.2, 0) is 31.5 Å². The molecule has 0 saturated carbocycles. The molecule has 0 saturated heterocycles. The van der Waals surface area contributed by atoms with Crippen LogP contribution < -0.4 is 0 Å². The average molecular weight is 401 g/mol. The molecule has 0 atom stereocenters. The fourth-order valence-corrected chi connectivity index (χ4v) is 3.91. The first-order chi connectivity index (χ1) is 12.1. The van der Waals surface area contributed by atoms with Gasteiger partial charge in [-0.25, -0.2) is 0 Å². The Morgan fingerprint density at radius 2 is 1.04 bits per heavy atom. The predicted octanol–water partition coefficient (Wildman–Crippen LogP) is 6.10. The zero-order valence-corrected chi connectivity index (χ0v) is 20.1. The van der Waals surface area contributed by atoms with Crippen LogP contribution in [0.2, 0.25) is 0 Å². The van der Waals surface area contributed by atoms with Gasteiger partial charge in [-0.3, -0.25) is 7.05 Å². The van der Waals surface area contributed by atoms with Gasteiger partial charge in [0, 0.05) is 0 Å². The van der Waals surface area contributed by atoms with Crippen LogP contribution in [0.25, 0.3) is 0 Å². The largest absolute Gasteiger partial charge is 2.00 e. The monoisotopic (exact) mass is 400 g/mol. The molecule has 0 bridgehead atoms. The molecule has 1 heterocycles. The van der Waals surface area contributed by atoms with Crippen molar-refractivity contribution in [1.82, 2.24) is 4.90 Å². The first kappa shape index (κ1) is 24.0. The van der Waals surface area contributed by atoms with E-state index in [0.29, 0.717) is 0 Å². The molecule has 27 heavy (non-hydrogen) atoms. The van der Waals surface area contributed by atoms with Crippen molar-refractivity contribution in [2.45, 2.75) is 75.3 Å². The molecule has 1 nitrogen and oxygen atoms in total. The van der Waals surface area contributed by atoms with E-state index in [0.717, 1.165) is 19.5 Å². The summed E-state index contributed by atoms with van der Waals surface area (Å²) in [6.45, 7) is 21.8. The Labute approximate surface area is 179 Å². The fraction of sp³-hybridized carbons (Fsp3) is 0.480. The van der Waals surface area contributed by atoms with E-state index in [4.69, 9.17) is 0 Å². The van der Waals surface area contributed by atoms with Crippen LogP contribution in [0.1, 0.15) is 61.2 Å². The van der Waals surface area contributed by atoms with Crippen molar-refractivity contribution in [2.24, 2.45) is 0 Å². The van der Waals surface area contributed by atoms with Crippen molar-refractivity contribution in [3.8, 4) is 0 Å². The molecule has 0 amide bonds. The van der Waals surface area contributed by atoms with E-state index in [1.807, 2.05) is 0 Å². The number of benzene rings is 2. The van der Waals surface area contributed by atoms with Crippen molar-refractivity contribution in [3.05, 3.63) is 74.3 Å². The van der Waals surface area contributed by atoms with E-state index in [2.05, 4.69) is 80.3 Å². The molecule has 0 aromatic heterocycles. The number of rotatable bonds is 0. The molecule has 0 aliphatic carbocycles. The summed E-state index contributed by atoms with van der Waals surface area (Å²) in [5, 5.41) is 0. The Hall–Kier alpha value is -1.02.